The minimum Gasteiger partial charge on any atom is -0.393 e. The summed E-state index contributed by atoms with van der Waals surface area (Å²) in [6, 6.07) is 0. The van der Waals surface area contributed by atoms with Crippen LogP contribution in [0.15, 0.2) is 0 Å². The Labute approximate surface area is 60.3 Å². The molecule has 0 bridgehead atoms. The SMILES string of the molecule is Cl.NCC1(O)CC(O)C1. The largest absolute Gasteiger partial charge is 0.393 e. The summed E-state index contributed by atoms with van der Waals surface area (Å²) >= 11 is 0. The molecule has 0 radical (unpaired) electrons. The van der Waals surface area contributed by atoms with E-state index in [9.17, 15) is 0 Å². The molecule has 0 spiro atoms. The van der Waals surface area contributed by atoms with Crippen LogP contribution in [0.4, 0.5) is 0 Å². The van der Waals surface area contributed by atoms with Crippen LogP contribution in [-0.4, -0.2) is 28.5 Å². The Kier molecular flexibility index (Phi) is 2.89. The summed E-state index contributed by atoms with van der Waals surface area (Å²) in [5, 5.41) is 17.8. The van der Waals surface area contributed by atoms with Gasteiger partial charge in [0.15, 0.2) is 0 Å². The molecule has 0 unspecified atom stereocenters. The molecule has 0 heterocycles. The second-order valence-corrected chi connectivity index (χ2v) is 2.49. The molecule has 3 nitrogen and oxygen atoms in total. The Morgan fingerprint density at radius 1 is 1.56 bits per heavy atom. The highest BCUT2D eigenvalue weighted by molar-refractivity contribution is 5.85. The third-order valence-corrected chi connectivity index (χ3v) is 1.61. The van der Waals surface area contributed by atoms with Gasteiger partial charge in [-0.2, -0.15) is 0 Å². The molecule has 9 heavy (non-hydrogen) atoms. The lowest BCUT2D eigenvalue weighted by atomic mass is 9.78. The highest BCUT2D eigenvalue weighted by atomic mass is 35.5. The molecule has 0 aromatic rings. The summed E-state index contributed by atoms with van der Waals surface area (Å²) in [4.78, 5) is 0. The first-order valence-electron chi connectivity index (χ1n) is 2.77. The molecule has 56 valence electrons. The Morgan fingerprint density at radius 2 is 2.00 bits per heavy atom. The number of aliphatic hydroxyl groups is 2. The first-order chi connectivity index (χ1) is 3.66. The van der Waals surface area contributed by atoms with Crippen molar-refractivity contribution in [1.82, 2.24) is 0 Å². The Morgan fingerprint density at radius 3 is 2.11 bits per heavy atom. The van der Waals surface area contributed by atoms with Gasteiger partial charge in [-0.3, -0.25) is 0 Å². The number of aliphatic hydroxyl groups excluding tert-OH is 1. The van der Waals surface area contributed by atoms with Crippen LogP contribution in [0.5, 0.6) is 0 Å². The normalized spacial score (nSPS) is 41.0. The van der Waals surface area contributed by atoms with Gasteiger partial charge in [-0.25, -0.2) is 0 Å². The molecule has 1 aliphatic carbocycles. The zero-order chi connectivity index (χ0) is 6.20. The van der Waals surface area contributed by atoms with E-state index in [0.717, 1.165) is 0 Å². The predicted octanol–water partition coefficient (Wildman–Crippen LogP) is -0.747. The zero-order valence-electron chi connectivity index (χ0n) is 5.08. The van der Waals surface area contributed by atoms with E-state index in [-0.39, 0.29) is 25.1 Å². The van der Waals surface area contributed by atoms with Crippen LogP contribution >= 0.6 is 12.4 Å². The van der Waals surface area contributed by atoms with Crippen molar-refractivity contribution in [3.8, 4) is 0 Å². The van der Waals surface area contributed by atoms with Crippen LogP contribution in [0.3, 0.4) is 0 Å². The van der Waals surface area contributed by atoms with Gasteiger partial charge in [-0.1, -0.05) is 0 Å². The molecule has 0 aromatic heterocycles. The lowest BCUT2D eigenvalue weighted by molar-refractivity contribution is -0.106. The van der Waals surface area contributed by atoms with Crippen molar-refractivity contribution in [1.29, 1.82) is 0 Å². The summed E-state index contributed by atoms with van der Waals surface area (Å²) < 4.78 is 0. The summed E-state index contributed by atoms with van der Waals surface area (Å²) in [7, 11) is 0. The smallest absolute Gasteiger partial charge is 0.0818 e. The van der Waals surface area contributed by atoms with Crippen molar-refractivity contribution >= 4 is 12.4 Å². The van der Waals surface area contributed by atoms with Crippen LogP contribution < -0.4 is 5.73 Å². The highest BCUT2D eigenvalue weighted by Gasteiger charge is 2.40. The van der Waals surface area contributed by atoms with Crippen LogP contribution in [-0.2, 0) is 0 Å². The second kappa shape index (κ2) is 2.84. The van der Waals surface area contributed by atoms with Crippen LogP contribution in [0.2, 0.25) is 0 Å². The maximum atomic E-state index is 9.10. The third-order valence-electron chi connectivity index (χ3n) is 1.61. The first-order valence-corrected chi connectivity index (χ1v) is 2.77. The maximum Gasteiger partial charge on any atom is 0.0818 e. The molecular weight excluding hydrogens is 142 g/mol. The highest BCUT2D eigenvalue weighted by Crippen LogP contribution is 2.30. The second-order valence-electron chi connectivity index (χ2n) is 2.49. The van der Waals surface area contributed by atoms with E-state index in [2.05, 4.69) is 0 Å². The van der Waals surface area contributed by atoms with Crippen molar-refractivity contribution in [3.63, 3.8) is 0 Å². The van der Waals surface area contributed by atoms with Crippen molar-refractivity contribution in [2.45, 2.75) is 24.5 Å². The van der Waals surface area contributed by atoms with Gasteiger partial charge >= 0.3 is 0 Å². The molecule has 0 amide bonds. The van der Waals surface area contributed by atoms with E-state index < -0.39 is 5.60 Å². The van der Waals surface area contributed by atoms with Crippen molar-refractivity contribution < 1.29 is 10.2 Å². The summed E-state index contributed by atoms with van der Waals surface area (Å²) in [5.74, 6) is 0. The quantitative estimate of drug-likeness (QED) is 0.465. The standard InChI is InChI=1S/C5H11NO2.ClH/c6-3-5(8)1-4(7)2-5;/h4,7-8H,1-3,6H2;1H. The zero-order valence-corrected chi connectivity index (χ0v) is 5.90. The fraction of sp³-hybridized carbons (Fsp3) is 1.00. The molecule has 0 aliphatic heterocycles. The van der Waals surface area contributed by atoms with E-state index in [0.29, 0.717) is 12.8 Å². The van der Waals surface area contributed by atoms with Gasteiger partial charge < -0.3 is 15.9 Å². The van der Waals surface area contributed by atoms with Gasteiger partial charge in [0.25, 0.3) is 0 Å². The molecule has 1 aliphatic rings. The molecule has 0 saturated heterocycles. The van der Waals surface area contributed by atoms with Gasteiger partial charge in [0.2, 0.25) is 0 Å². The van der Waals surface area contributed by atoms with Crippen LogP contribution in [0, 0.1) is 0 Å². The number of hydrogen-bond acceptors (Lipinski definition) is 3. The van der Waals surface area contributed by atoms with Crippen molar-refractivity contribution in [2.24, 2.45) is 5.73 Å². The van der Waals surface area contributed by atoms with Gasteiger partial charge in [0.1, 0.15) is 0 Å². The van der Waals surface area contributed by atoms with Gasteiger partial charge in [0.05, 0.1) is 11.7 Å². The van der Waals surface area contributed by atoms with Crippen molar-refractivity contribution in [2.75, 3.05) is 6.54 Å². The first kappa shape index (κ1) is 9.17. The molecule has 0 aromatic carbocycles. The van der Waals surface area contributed by atoms with Crippen molar-refractivity contribution in [3.05, 3.63) is 0 Å². The topological polar surface area (TPSA) is 66.5 Å². The van der Waals surface area contributed by atoms with E-state index in [1.807, 2.05) is 0 Å². The fourth-order valence-corrected chi connectivity index (χ4v) is 0.984. The predicted molar refractivity (Wildman–Crippen MR) is 36.5 cm³/mol. The summed E-state index contributed by atoms with van der Waals surface area (Å²) in [6.45, 7) is 0.268. The van der Waals surface area contributed by atoms with Gasteiger partial charge in [0, 0.05) is 19.4 Å². The number of hydrogen-bond donors (Lipinski definition) is 3. The molecule has 0 atom stereocenters. The molecule has 4 N–H and O–H groups in total. The van der Waals surface area contributed by atoms with E-state index in [1.165, 1.54) is 0 Å². The maximum absolute atomic E-state index is 9.10. The fourth-order valence-electron chi connectivity index (χ4n) is 0.984. The summed E-state index contributed by atoms with van der Waals surface area (Å²) in [5.41, 5.74) is 4.43. The van der Waals surface area contributed by atoms with E-state index >= 15 is 0 Å². The minimum absolute atomic E-state index is 0. The number of rotatable bonds is 1. The Balaban J connectivity index is 0.000000640. The molecular formula is C5H12ClNO2. The molecule has 1 rings (SSSR count). The average Bonchev–Trinajstić information content (AvgIpc) is 1.63. The summed E-state index contributed by atoms with van der Waals surface area (Å²) in [6.07, 6.45) is 0.580. The number of halogens is 1. The average molecular weight is 154 g/mol. The Hall–Kier alpha value is 0.170. The van der Waals surface area contributed by atoms with Gasteiger partial charge in [-0.05, 0) is 0 Å². The number of nitrogens with two attached hydrogens (primary N) is 1. The molecule has 1 saturated carbocycles. The molecule has 4 heteroatoms. The van der Waals surface area contributed by atoms with Gasteiger partial charge in [-0.15, -0.1) is 12.4 Å². The molecule has 1 fully saturated rings. The lowest BCUT2D eigenvalue weighted by Gasteiger charge is -2.39. The Bertz CT molecular complexity index is 93.0. The van der Waals surface area contributed by atoms with Crippen LogP contribution in [0.25, 0.3) is 0 Å². The van der Waals surface area contributed by atoms with E-state index in [1.54, 1.807) is 0 Å². The minimum atomic E-state index is -0.737. The lowest BCUT2D eigenvalue weighted by Crippen LogP contribution is -2.52. The van der Waals surface area contributed by atoms with Crippen LogP contribution in [0.1, 0.15) is 12.8 Å². The third kappa shape index (κ3) is 1.79. The van der Waals surface area contributed by atoms with E-state index in [4.69, 9.17) is 15.9 Å². The monoisotopic (exact) mass is 153 g/mol.